The third-order valence-corrected chi connectivity index (χ3v) is 4.71. The normalized spacial score (nSPS) is 10.4. The number of carbonyl (C=O) groups excluding carboxylic acids is 1. The van der Waals surface area contributed by atoms with Crippen molar-refractivity contribution in [2.75, 3.05) is 5.32 Å². The highest BCUT2D eigenvalue weighted by Gasteiger charge is 2.06. The van der Waals surface area contributed by atoms with Crippen molar-refractivity contribution in [1.29, 1.82) is 0 Å². The maximum absolute atomic E-state index is 12.2. The van der Waals surface area contributed by atoms with E-state index in [1.165, 1.54) is 4.90 Å². The van der Waals surface area contributed by atoms with E-state index in [1.54, 1.807) is 36.3 Å². The molecule has 0 bridgehead atoms. The number of aromatic nitrogens is 1. The summed E-state index contributed by atoms with van der Waals surface area (Å²) in [5.41, 5.74) is 2.53. The molecule has 1 amide bonds. The number of carbonyl (C=O) groups is 1. The highest BCUT2D eigenvalue weighted by atomic mass is 35.5. The number of rotatable bonds is 5. The first kappa shape index (κ1) is 16.6. The van der Waals surface area contributed by atoms with E-state index in [2.05, 4.69) is 10.3 Å². The molecule has 2 aromatic carbocycles. The standard InChI is InChI=1S/C19H15ClN2OS/c20-16-5-7-18(8-6-16)24-13-14-1-3-15(4-2-14)19(23)22-17-9-11-21-12-10-17/h1-12H,13H2,(H,21,22,23). The van der Waals surface area contributed by atoms with E-state index < -0.39 is 0 Å². The lowest BCUT2D eigenvalue weighted by Crippen LogP contribution is -2.11. The van der Waals surface area contributed by atoms with E-state index >= 15 is 0 Å². The van der Waals surface area contributed by atoms with E-state index in [0.29, 0.717) is 5.56 Å². The molecule has 0 fully saturated rings. The lowest BCUT2D eigenvalue weighted by Gasteiger charge is -2.06. The van der Waals surface area contributed by atoms with E-state index in [9.17, 15) is 4.79 Å². The molecule has 5 heteroatoms. The number of pyridine rings is 1. The minimum atomic E-state index is -0.127. The number of hydrogen-bond donors (Lipinski definition) is 1. The van der Waals surface area contributed by atoms with Gasteiger partial charge in [0, 0.05) is 39.3 Å². The van der Waals surface area contributed by atoms with Gasteiger partial charge in [-0.1, -0.05) is 23.7 Å². The molecule has 0 radical (unpaired) electrons. The molecule has 3 aromatic rings. The van der Waals surface area contributed by atoms with Gasteiger partial charge in [-0.3, -0.25) is 9.78 Å². The second-order valence-electron chi connectivity index (χ2n) is 5.13. The second-order valence-corrected chi connectivity index (χ2v) is 6.61. The zero-order valence-electron chi connectivity index (χ0n) is 12.8. The lowest BCUT2D eigenvalue weighted by atomic mass is 10.1. The van der Waals surface area contributed by atoms with Gasteiger partial charge in [-0.05, 0) is 54.1 Å². The zero-order valence-corrected chi connectivity index (χ0v) is 14.3. The number of benzene rings is 2. The van der Waals surface area contributed by atoms with Crippen molar-refractivity contribution in [3.63, 3.8) is 0 Å². The molecule has 0 unspecified atom stereocenters. The highest BCUT2D eigenvalue weighted by Crippen LogP contribution is 2.24. The van der Waals surface area contributed by atoms with E-state index in [4.69, 9.17) is 11.6 Å². The molecule has 3 nitrogen and oxygen atoms in total. The molecule has 0 saturated heterocycles. The number of nitrogens with one attached hydrogen (secondary N) is 1. The van der Waals surface area contributed by atoms with Crippen molar-refractivity contribution in [3.05, 3.63) is 89.2 Å². The fourth-order valence-corrected chi connectivity index (χ4v) is 3.07. The van der Waals surface area contributed by atoms with Crippen molar-refractivity contribution in [2.45, 2.75) is 10.6 Å². The van der Waals surface area contributed by atoms with E-state index in [-0.39, 0.29) is 5.91 Å². The van der Waals surface area contributed by atoms with Crippen LogP contribution in [0.25, 0.3) is 0 Å². The van der Waals surface area contributed by atoms with Gasteiger partial charge in [0.05, 0.1) is 0 Å². The molecule has 1 aromatic heterocycles. The first-order valence-corrected chi connectivity index (χ1v) is 8.76. The topological polar surface area (TPSA) is 42.0 Å². The zero-order chi connectivity index (χ0) is 16.8. The van der Waals surface area contributed by atoms with Gasteiger partial charge in [0.1, 0.15) is 0 Å². The summed E-state index contributed by atoms with van der Waals surface area (Å²) in [6, 6.07) is 18.9. The molecule has 0 saturated carbocycles. The predicted octanol–water partition coefficient (Wildman–Crippen LogP) is 5.28. The molecule has 1 N–H and O–H groups in total. The predicted molar refractivity (Wildman–Crippen MR) is 99.6 cm³/mol. The molecule has 24 heavy (non-hydrogen) atoms. The van der Waals surface area contributed by atoms with Crippen LogP contribution in [-0.2, 0) is 5.75 Å². The third-order valence-electron chi connectivity index (χ3n) is 3.37. The summed E-state index contributed by atoms with van der Waals surface area (Å²) >= 11 is 7.62. The van der Waals surface area contributed by atoms with Gasteiger partial charge in [0.25, 0.3) is 5.91 Å². The van der Waals surface area contributed by atoms with Gasteiger partial charge in [-0.25, -0.2) is 0 Å². The number of thioether (sulfide) groups is 1. The van der Waals surface area contributed by atoms with Crippen LogP contribution in [0.3, 0.4) is 0 Å². The van der Waals surface area contributed by atoms with Crippen LogP contribution >= 0.6 is 23.4 Å². The van der Waals surface area contributed by atoms with Crippen molar-refractivity contribution in [3.8, 4) is 0 Å². The molecule has 0 spiro atoms. The van der Waals surface area contributed by atoms with E-state index in [0.717, 1.165) is 22.0 Å². The van der Waals surface area contributed by atoms with Crippen molar-refractivity contribution < 1.29 is 4.79 Å². The van der Waals surface area contributed by atoms with Crippen LogP contribution in [-0.4, -0.2) is 10.9 Å². The molecular weight excluding hydrogens is 340 g/mol. The second kappa shape index (κ2) is 7.99. The van der Waals surface area contributed by atoms with Crippen LogP contribution in [0.1, 0.15) is 15.9 Å². The summed E-state index contributed by atoms with van der Waals surface area (Å²) in [7, 11) is 0. The van der Waals surface area contributed by atoms with Crippen LogP contribution in [0.5, 0.6) is 0 Å². The summed E-state index contributed by atoms with van der Waals surface area (Å²) in [5, 5.41) is 3.58. The number of anilines is 1. The average molecular weight is 355 g/mol. The lowest BCUT2D eigenvalue weighted by molar-refractivity contribution is 0.102. The molecule has 0 aliphatic carbocycles. The summed E-state index contributed by atoms with van der Waals surface area (Å²) in [6.07, 6.45) is 3.29. The number of nitrogens with zero attached hydrogens (tertiary/aromatic N) is 1. The smallest absolute Gasteiger partial charge is 0.255 e. The third kappa shape index (κ3) is 4.60. The van der Waals surface area contributed by atoms with Crippen LogP contribution in [0.15, 0.2) is 78.0 Å². The molecular formula is C19H15ClN2OS. The number of halogens is 1. The fraction of sp³-hybridized carbons (Fsp3) is 0.0526. The fourth-order valence-electron chi connectivity index (χ4n) is 2.09. The molecule has 0 aliphatic heterocycles. The first-order valence-electron chi connectivity index (χ1n) is 7.39. The van der Waals surface area contributed by atoms with Gasteiger partial charge < -0.3 is 5.32 Å². The number of hydrogen-bond acceptors (Lipinski definition) is 3. The molecule has 0 aliphatic rings. The average Bonchev–Trinajstić information content (AvgIpc) is 2.62. The molecule has 0 atom stereocenters. The Bertz CT molecular complexity index is 805. The van der Waals surface area contributed by atoms with Gasteiger partial charge >= 0.3 is 0 Å². The quantitative estimate of drug-likeness (QED) is 0.634. The summed E-state index contributed by atoms with van der Waals surface area (Å²) < 4.78 is 0. The maximum Gasteiger partial charge on any atom is 0.255 e. The van der Waals surface area contributed by atoms with Crippen LogP contribution in [0, 0.1) is 0 Å². The summed E-state index contributed by atoms with van der Waals surface area (Å²) in [5.74, 6) is 0.714. The molecule has 3 rings (SSSR count). The number of amides is 1. The Morgan fingerprint density at radius 2 is 1.62 bits per heavy atom. The summed E-state index contributed by atoms with van der Waals surface area (Å²) in [4.78, 5) is 17.3. The Kier molecular flexibility index (Phi) is 5.51. The maximum atomic E-state index is 12.2. The van der Waals surface area contributed by atoms with Gasteiger partial charge in [-0.2, -0.15) is 0 Å². The Morgan fingerprint density at radius 1 is 0.958 bits per heavy atom. The van der Waals surface area contributed by atoms with Crippen molar-refractivity contribution in [1.82, 2.24) is 4.98 Å². The Labute approximate surface area is 150 Å². The molecule has 120 valence electrons. The van der Waals surface area contributed by atoms with Gasteiger partial charge in [0.2, 0.25) is 0 Å². The Hall–Kier alpha value is -2.30. The van der Waals surface area contributed by atoms with Crippen LogP contribution in [0.2, 0.25) is 5.02 Å². The van der Waals surface area contributed by atoms with E-state index in [1.807, 2.05) is 48.5 Å². The largest absolute Gasteiger partial charge is 0.322 e. The highest BCUT2D eigenvalue weighted by molar-refractivity contribution is 7.98. The van der Waals surface area contributed by atoms with Crippen LogP contribution < -0.4 is 5.32 Å². The minimum absolute atomic E-state index is 0.127. The van der Waals surface area contributed by atoms with Gasteiger partial charge in [-0.15, -0.1) is 11.8 Å². The van der Waals surface area contributed by atoms with Crippen molar-refractivity contribution in [2.24, 2.45) is 0 Å². The monoisotopic (exact) mass is 354 g/mol. The van der Waals surface area contributed by atoms with Crippen LogP contribution in [0.4, 0.5) is 5.69 Å². The Morgan fingerprint density at radius 3 is 2.29 bits per heavy atom. The SMILES string of the molecule is O=C(Nc1ccncc1)c1ccc(CSc2ccc(Cl)cc2)cc1. The van der Waals surface area contributed by atoms with Crippen molar-refractivity contribution >= 4 is 35.0 Å². The molecule has 1 heterocycles. The Balaban J connectivity index is 1.58. The minimum Gasteiger partial charge on any atom is -0.322 e. The first-order chi connectivity index (χ1) is 11.7. The van der Waals surface area contributed by atoms with Gasteiger partial charge in [0.15, 0.2) is 0 Å². The summed E-state index contributed by atoms with van der Waals surface area (Å²) in [6.45, 7) is 0.